The second-order valence-corrected chi connectivity index (χ2v) is 8.19. The Labute approximate surface area is 147 Å². The van der Waals surface area contributed by atoms with Crippen molar-refractivity contribution in [3.05, 3.63) is 17.0 Å². The lowest BCUT2D eigenvalue weighted by Crippen LogP contribution is -2.47. The molecular formula is C16H24N2O6S. The van der Waals surface area contributed by atoms with E-state index in [-0.39, 0.29) is 30.2 Å². The van der Waals surface area contributed by atoms with E-state index in [9.17, 15) is 13.2 Å². The van der Waals surface area contributed by atoms with Crippen LogP contribution in [0.3, 0.4) is 0 Å². The molecule has 0 aliphatic carbocycles. The van der Waals surface area contributed by atoms with E-state index in [0.29, 0.717) is 37.4 Å². The van der Waals surface area contributed by atoms with Crippen molar-refractivity contribution < 1.29 is 27.4 Å². The summed E-state index contributed by atoms with van der Waals surface area (Å²) in [6.45, 7) is 6.84. The van der Waals surface area contributed by atoms with E-state index >= 15 is 0 Å². The van der Waals surface area contributed by atoms with Crippen molar-refractivity contribution in [1.29, 1.82) is 0 Å². The van der Waals surface area contributed by atoms with Gasteiger partial charge >= 0.3 is 5.97 Å². The van der Waals surface area contributed by atoms with Crippen molar-refractivity contribution in [3.63, 3.8) is 0 Å². The molecule has 0 saturated carbocycles. The summed E-state index contributed by atoms with van der Waals surface area (Å²) in [6, 6.07) is 0. The van der Waals surface area contributed by atoms with Crippen LogP contribution in [0, 0.1) is 13.8 Å². The highest BCUT2D eigenvalue weighted by Crippen LogP contribution is 2.35. The van der Waals surface area contributed by atoms with Crippen LogP contribution in [0.5, 0.6) is 0 Å². The Bertz CT molecular complexity index is 754. The Morgan fingerprint density at radius 2 is 1.80 bits per heavy atom. The quantitative estimate of drug-likeness (QED) is 0.801. The first-order valence-corrected chi connectivity index (χ1v) is 9.89. The second-order valence-electron chi connectivity index (χ2n) is 6.31. The lowest BCUT2D eigenvalue weighted by molar-refractivity contribution is -0.179. The van der Waals surface area contributed by atoms with Gasteiger partial charge in [0, 0.05) is 37.3 Å². The largest absolute Gasteiger partial charge is 0.462 e. The van der Waals surface area contributed by atoms with Gasteiger partial charge in [0.25, 0.3) is 0 Å². The number of carbonyl (C=O) groups excluding carboxylic acids is 1. The number of aromatic amines is 1. The van der Waals surface area contributed by atoms with Crippen LogP contribution in [0.4, 0.5) is 0 Å². The fraction of sp³-hybridized carbons (Fsp3) is 0.688. The molecule has 0 bridgehead atoms. The van der Waals surface area contributed by atoms with Crippen LogP contribution >= 0.6 is 0 Å². The Morgan fingerprint density at radius 3 is 2.36 bits per heavy atom. The topological polar surface area (TPSA) is 97.9 Å². The molecule has 1 spiro atoms. The minimum absolute atomic E-state index is 0.00709. The van der Waals surface area contributed by atoms with E-state index in [1.165, 1.54) is 4.31 Å². The Balaban J connectivity index is 1.89. The van der Waals surface area contributed by atoms with E-state index in [1.807, 2.05) is 0 Å². The molecule has 2 saturated heterocycles. The number of piperidine rings is 1. The second kappa shape index (κ2) is 6.71. The molecule has 2 aliphatic heterocycles. The molecule has 3 rings (SSSR count). The van der Waals surface area contributed by atoms with E-state index in [1.54, 1.807) is 20.8 Å². The number of nitrogens with zero attached hydrogens (tertiary/aromatic N) is 1. The molecule has 0 amide bonds. The smallest absolute Gasteiger partial charge is 0.341 e. The van der Waals surface area contributed by atoms with E-state index in [0.717, 1.165) is 0 Å². The lowest BCUT2D eigenvalue weighted by atomic mass is 10.1. The number of carbonyl (C=O) groups is 1. The molecule has 8 nitrogen and oxygen atoms in total. The lowest BCUT2D eigenvalue weighted by Gasteiger charge is -2.36. The van der Waals surface area contributed by atoms with Crippen LogP contribution in [0.1, 0.15) is 41.5 Å². The number of H-pyrrole nitrogens is 1. The first-order valence-electron chi connectivity index (χ1n) is 8.45. The van der Waals surface area contributed by atoms with Gasteiger partial charge in [-0.25, -0.2) is 13.2 Å². The molecule has 0 aromatic carbocycles. The van der Waals surface area contributed by atoms with Crippen LogP contribution in [-0.2, 0) is 24.2 Å². The number of ether oxygens (including phenoxy) is 3. The summed E-state index contributed by atoms with van der Waals surface area (Å²) in [5.74, 6) is -1.28. The maximum absolute atomic E-state index is 13.2. The molecule has 9 heteroatoms. The molecule has 1 aromatic heterocycles. The Morgan fingerprint density at radius 1 is 1.20 bits per heavy atom. The first-order chi connectivity index (χ1) is 11.8. The number of sulfonamides is 1. The molecule has 25 heavy (non-hydrogen) atoms. The van der Waals surface area contributed by atoms with E-state index in [2.05, 4.69) is 4.98 Å². The predicted molar refractivity (Wildman–Crippen MR) is 88.9 cm³/mol. The average Bonchev–Trinajstić information content (AvgIpc) is 3.12. The maximum atomic E-state index is 13.2. The molecule has 2 fully saturated rings. The number of rotatable bonds is 4. The zero-order valence-corrected chi connectivity index (χ0v) is 15.6. The predicted octanol–water partition coefficient (Wildman–Crippen LogP) is 1.34. The van der Waals surface area contributed by atoms with Gasteiger partial charge in [0.15, 0.2) is 5.79 Å². The fourth-order valence-corrected chi connectivity index (χ4v) is 5.37. The molecule has 1 aromatic rings. The van der Waals surface area contributed by atoms with Crippen molar-refractivity contribution in [1.82, 2.24) is 9.29 Å². The summed E-state index contributed by atoms with van der Waals surface area (Å²) in [5.41, 5.74) is 1.02. The van der Waals surface area contributed by atoms with Crippen LogP contribution in [0.15, 0.2) is 4.90 Å². The van der Waals surface area contributed by atoms with Crippen LogP contribution in [-0.4, -0.2) is 62.4 Å². The number of aryl methyl sites for hydroxylation is 2. The number of hydrogen-bond donors (Lipinski definition) is 1. The number of aromatic nitrogens is 1. The van der Waals surface area contributed by atoms with Crippen LogP contribution < -0.4 is 0 Å². The van der Waals surface area contributed by atoms with Gasteiger partial charge in [0.1, 0.15) is 10.5 Å². The molecule has 0 atom stereocenters. The molecule has 3 heterocycles. The van der Waals surface area contributed by atoms with Gasteiger partial charge < -0.3 is 19.2 Å². The third kappa shape index (κ3) is 3.21. The SMILES string of the molecule is CCOC(=O)c1c(C)[nH]c(C)c1S(=O)(=O)N1CCC2(CC1)OCCO2. The van der Waals surface area contributed by atoms with Crippen molar-refractivity contribution >= 4 is 16.0 Å². The molecule has 2 aliphatic rings. The maximum Gasteiger partial charge on any atom is 0.341 e. The highest BCUT2D eigenvalue weighted by atomic mass is 32.2. The number of nitrogens with one attached hydrogen (secondary N) is 1. The van der Waals surface area contributed by atoms with Crippen molar-refractivity contribution in [2.45, 2.75) is 44.3 Å². The highest BCUT2D eigenvalue weighted by molar-refractivity contribution is 7.89. The summed E-state index contributed by atoms with van der Waals surface area (Å²) in [4.78, 5) is 15.2. The summed E-state index contributed by atoms with van der Waals surface area (Å²) in [6.07, 6.45) is 0.951. The molecule has 140 valence electrons. The summed E-state index contributed by atoms with van der Waals surface area (Å²) in [5, 5.41) is 0. The summed E-state index contributed by atoms with van der Waals surface area (Å²) < 4.78 is 44.1. The third-order valence-electron chi connectivity index (χ3n) is 4.69. The summed E-state index contributed by atoms with van der Waals surface area (Å²) in [7, 11) is -3.82. The van der Waals surface area contributed by atoms with Crippen molar-refractivity contribution in [3.8, 4) is 0 Å². The van der Waals surface area contributed by atoms with Gasteiger partial charge in [0.05, 0.1) is 19.8 Å². The average molecular weight is 372 g/mol. The summed E-state index contributed by atoms with van der Waals surface area (Å²) >= 11 is 0. The monoisotopic (exact) mass is 372 g/mol. The number of hydrogen-bond acceptors (Lipinski definition) is 6. The van der Waals surface area contributed by atoms with E-state index < -0.39 is 21.8 Å². The van der Waals surface area contributed by atoms with Crippen molar-refractivity contribution in [2.24, 2.45) is 0 Å². The van der Waals surface area contributed by atoms with Gasteiger partial charge in [-0.3, -0.25) is 0 Å². The van der Waals surface area contributed by atoms with Crippen LogP contribution in [0.25, 0.3) is 0 Å². The fourth-order valence-electron chi connectivity index (χ4n) is 3.51. The van der Waals surface area contributed by atoms with Gasteiger partial charge in [-0.2, -0.15) is 4.31 Å². The first kappa shape index (κ1) is 18.4. The zero-order chi connectivity index (χ0) is 18.2. The van der Waals surface area contributed by atoms with Gasteiger partial charge in [-0.15, -0.1) is 0 Å². The molecule has 1 N–H and O–H groups in total. The Kier molecular flexibility index (Phi) is 4.93. The van der Waals surface area contributed by atoms with E-state index in [4.69, 9.17) is 14.2 Å². The van der Waals surface area contributed by atoms with Gasteiger partial charge in [0.2, 0.25) is 10.0 Å². The van der Waals surface area contributed by atoms with Crippen LogP contribution in [0.2, 0.25) is 0 Å². The van der Waals surface area contributed by atoms with Gasteiger partial charge in [-0.1, -0.05) is 0 Å². The van der Waals surface area contributed by atoms with Gasteiger partial charge in [-0.05, 0) is 20.8 Å². The molecule has 0 unspecified atom stereocenters. The Hall–Kier alpha value is -1.42. The zero-order valence-electron chi connectivity index (χ0n) is 14.8. The highest BCUT2D eigenvalue weighted by Gasteiger charge is 2.44. The normalized spacial score (nSPS) is 20.9. The molecular weight excluding hydrogens is 348 g/mol. The third-order valence-corrected chi connectivity index (χ3v) is 6.76. The molecule has 0 radical (unpaired) electrons. The standard InChI is InChI=1S/C16H24N2O6S/c1-4-22-15(19)13-11(2)17-12(3)14(13)25(20,21)18-7-5-16(6-8-18)23-9-10-24-16/h17H,4-10H2,1-3H3. The van der Waals surface area contributed by atoms with Crippen molar-refractivity contribution in [2.75, 3.05) is 32.9 Å². The minimum atomic E-state index is -3.82. The number of esters is 1. The minimum Gasteiger partial charge on any atom is -0.462 e.